The van der Waals surface area contributed by atoms with Gasteiger partial charge in [0.15, 0.2) is 0 Å². The van der Waals surface area contributed by atoms with Gasteiger partial charge in [0.25, 0.3) is 0 Å². The second-order valence-corrected chi connectivity index (χ2v) is 8.73. The van der Waals surface area contributed by atoms with Crippen LogP contribution in [0, 0.1) is 0 Å². The highest BCUT2D eigenvalue weighted by Crippen LogP contribution is 2.22. The van der Waals surface area contributed by atoms with Crippen molar-refractivity contribution in [3.8, 4) is 5.75 Å². The fraction of sp³-hybridized carbons (Fsp3) is 0.381. The van der Waals surface area contributed by atoms with Gasteiger partial charge in [0.2, 0.25) is 15.9 Å². The van der Waals surface area contributed by atoms with Crippen LogP contribution in [-0.2, 0) is 21.2 Å². The number of hydrogen-bond donors (Lipinski definition) is 1. The fourth-order valence-electron chi connectivity index (χ4n) is 3.17. The van der Waals surface area contributed by atoms with Gasteiger partial charge in [-0.15, -0.1) is 0 Å². The van der Waals surface area contributed by atoms with E-state index in [0.717, 1.165) is 24.8 Å². The Labute approximate surface area is 166 Å². The SMILES string of the molecule is O=C(Cc1ccccc1)NCCOc1ccc(S(=O)(=O)N2CCCCC2)cc1. The third-order valence-electron chi connectivity index (χ3n) is 4.68. The van der Waals surface area contributed by atoms with Gasteiger partial charge in [-0.1, -0.05) is 36.8 Å². The standard InChI is InChI=1S/C21H26N2O4S/c24-21(17-18-7-3-1-4-8-18)22-13-16-27-19-9-11-20(12-10-19)28(25,26)23-14-5-2-6-15-23/h1,3-4,7-12H,2,5-6,13-17H2,(H,22,24). The van der Waals surface area contributed by atoms with Gasteiger partial charge in [0.05, 0.1) is 17.9 Å². The van der Waals surface area contributed by atoms with Crippen molar-refractivity contribution in [3.05, 3.63) is 60.2 Å². The van der Waals surface area contributed by atoms with E-state index >= 15 is 0 Å². The maximum atomic E-state index is 12.6. The molecule has 0 aliphatic carbocycles. The van der Waals surface area contributed by atoms with Crippen LogP contribution < -0.4 is 10.1 Å². The molecule has 0 unspecified atom stereocenters. The molecule has 1 heterocycles. The molecular weight excluding hydrogens is 376 g/mol. The summed E-state index contributed by atoms with van der Waals surface area (Å²) in [6, 6.07) is 16.0. The molecule has 2 aromatic carbocycles. The Hall–Kier alpha value is -2.38. The first-order valence-corrected chi connectivity index (χ1v) is 11.0. The van der Waals surface area contributed by atoms with Gasteiger partial charge in [0.1, 0.15) is 12.4 Å². The monoisotopic (exact) mass is 402 g/mol. The topological polar surface area (TPSA) is 75.7 Å². The van der Waals surface area contributed by atoms with Crippen molar-refractivity contribution in [1.29, 1.82) is 0 Å². The van der Waals surface area contributed by atoms with Crippen LogP contribution in [-0.4, -0.2) is 44.9 Å². The Kier molecular flexibility index (Phi) is 7.06. The van der Waals surface area contributed by atoms with E-state index < -0.39 is 10.0 Å². The lowest BCUT2D eigenvalue weighted by Crippen LogP contribution is -2.35. The number of carbonyl (C=O) groups excluding carboxylic acids is 1. The number of hydrogen-bond acceptors (Lipinski definition) is 4. The van der Waals surface area contributed by atoms with Crippen LogP contribution in [0.25, 0.3) is 0 Å². The van der Waals surface area contributed by atoms with Crippen molar-refractivity contribution in [2.45, 2.75) is 30.6 Å². The Balaban J connectivity index is 1.43. The first-order chi connectivity index (χ1) is 13.6. The van der Waals surface area contributed by atoms with Crippen LogP contribution in [0.3, 0.4) is 0 Å². The van der Waals surface area contributed by atoms with Crippen molar-refractivity contribution in [2.75, 3.05) is 26.2 Å². The van der Waals surface area contributed by atoms with Crippen molar-refractivity contribution >= 4 is 15.9 Å². The van der Waals surface area contributed by atoms with E-state index in [1.165, 1.54) is 0 Å². The van der Waals surface area contributed by atoms with Crippen LogP contribution in [0.2, 0.25) is 0 Å². The molecule has 1 fully saturated rings. The second kappa shape index (κ2) is 9.71. The van der Waals surface area contributed by atoms with E-state index in [4.69, 9.17) is 4.74 Å². The van der Waals surface area contributed by atoms with E-state index in [1.807, 2.05) is 30.3 Å². The predicted octanol–water partition coefficient (Wildman–Crippen LogP) is 2.60. The summed E-state index contributed by atoms with van der Waals surface area (Å²) in [5, 5.41) is 2.81. The van der Waals surface area contributed by atoms with Gasteiger partial charge in [-0.05, 0) is 42.7 Å². The van der Waals surface area contributed by atoms with Gasteiger partial charge in [-0.25, -0.2) is 8.42 Å². The summed E-state index contributed by atoms with van der Waals surface area (Å²) in [7, 11) is -3.42. The summed E-state index contributed by atoms with van der Waals surface area (Å²) >= 11 is 0. The Morgan fingerprint density at radius 2 is 1.64 bits per heavy atom. The molecule has 0 spiro atoms. The fourth-order valence-corrected chi connectivity index (χ4v) is 4.68. The lowest BCUT2D eigenvalue weighted by molar-refractivity contribution is -0.120. The molecule has 1 aliphatic rings. The highest BCUT2D eigenvalue weighted by Gasteiger charge is 2.25. The summed E-state index contributed by atoms with van der Waals surface area (Å²) < 4.78 is 32.4. The molecule has 1 aliphatic heterocycles. The number of rotatable bonds is 8. The summed E-state index contributed by atoms with van der Waals surface area (Å²) in [4.78, 5) is 12.2. The molecule has 6 nitrogen and oxygen atoms in total. The zero-order chi connectivity index (χ0) is 19.8. The highest BCUT2D eigenvalue weighted by molar-refractivity contribution is 7.89. The number of benzene rings is 2. The number of ether oxygens (including phenoxy) is 1. The van der Waals surface area contributed by atoms with Gasteiger partial charge < -0.3 is 10.1 Å². The molecule has 2 aromatic rings. The highest BCUT2D eigenvalue weighted by atomic mass is 32.2. The maximum Gasteiger partial charge on any atom is 0.243 e. The molecule has 150 valence electrons. The Morgan fingerprint density at radius 3 is 2.32 bits per heavy atom. The molecule has 1 saturated heterocycles. The average Bonchev–Trinajstić information content (AvgIpc) is 2.73. The number of amides is 1. The predicted molar refractivity (Wildman–Crippen MR) is 108 cm³/mol. The largest absolute Gasteiger partial charge is 0.492 e. The zero-order valence-electron chi connectivity index (χ0n) is 15.8. The number of sulfonamides is 1. The van der Waals surface area contributed by atoms with E-state index in [1.54, 1.807) is 28.6 Å². The molecule has 3 rings (SSSR count). The lowest BCUT2D eigenvalue weighted by atomic mass is 10.1. The first-order valence-electron chi connectivity index (χ1n) is 9.59. The van der Waals surface area contributed by atoms with E-state index in [0.29, 0.717) is 38.4 Å². The molecule has 0 saturated carbocycles. The number of carbonyl (C=O) groups is 1. The van der Waals surface area contributed by atoms with Crippen LogP contribution in [0.4, 0.5) is 0 Å². The van der Waals surface area contributed by atoms with Gasteiger partial charge in [0, 0.05) is 13.1 Å². The molecule has 1 N–H and O–H groups in total. The van der Waals surface area contributed by atoms with E-state index in [2.05, 4.69) is 5.32 Å². The summed E-state index contributed by atoms with van der Waals surface area (Å²) in [5.41, 5.74) is 0.964. The molecular formula is C21H26N2O4S. The van der Waals surface area contributed by atoms with Crippen molar-refractivity contribution in [3.63, 3.8) is 0 Å². The first kappa shape index (κ1) is 20.4. The molecule has 0 aromatic heterocycles. The Bertz CT molecular complexity index is 861. The minimum absolute atomic E-state index is 0.0576. The molecule has 0 atom stereocenters. The van der Waals surface area contributed by atoms with E-state index in [9.17, 15) is 13.2 Å². The van der Waals surface area contributed by atoms with Crippen LogP contribution >= 0.6 is 0 Å². The van der Waals surface area contributed by atoms with Gasteiger partial charge in [-0.3, -0.25) is 4.79 Å². The van der Waals surface area contributed by atoms with E-state index in [-0.39, 0.29) is 10.8 Å². The molecule has 28 heavy (non-hydrogen) atoms. The molecule has 0 bridgehead atoms. The number of nitrogens with one attached hydrogen (secondary N) is 1. The Morgan fingerprint density at radius 1 is 0.964 bits per heavy atom. The minimum atomic E-state index is -3.42. The smallest absolute Gasteiger partial charge is 0.243 e. The summed E-state index contributed by atoms with van der Waals surface area (Å²) in [6.07, 6.45) is 3.25. The molecule has 0 radical (unpaired) electrons. The molecule has 1 amide bonds. The number of nitrogens with zero attached hydrogens (tertiary/aromatic N) is 1. The van der Waals surface area contributed by atoms with Crippen molar-refractivity contribution in [1.82, 2.24) is 9.62 Å². The van der Waals surface area contributed by atoms with Gasteiger partial charge >= 0.3 is 0 Å². The third kappa shape index (κ3) is 5.56. The van der Waals surface area contributed by atoms with Crippen molar-refractivity contribution in [2.24, 2.45) is 0 Å². The van der Waals surface area contributed by atoms with Crippen LogP contribution in [0.1, 0.15) is 24.8 Å². The third-order valence-corrected chi connectivity index (χ3v) is 6.59. The van der Waals surface area contributed by atoms with Crippen LogP contribution in [0.5, 0.6) is 5.75 Å². The quantitative estimate of drug-likeness (QED) is 0.689. The molecule has 7 heteroatoms. The number of piperidine rings is 1. The second-order valence-electron chi connectivity index (χ2n) is 6.80. The van der Waals surface area contributed by atoms with Crippen LogP contribution in [0.15, 0.2) is 59.5 Å². The lowest BCUT2D eigenvalue weighted by Gasteiger charge is -2.25. The van der Waals surface area contributed by atoms with Gasteiger partial charge in [-0.2, -0.15) is 4.31 Å². The maximum absolute atomic E-state index is 12.6. The average molecular weight is 403 g/mol. The zero-order valence-corrected chi connectivity index (χ0v) is 16.7. The van der Waals surface area contributed by atoms with Crippen molar-refractivity contribution < 1.29 is 17.9 Å². The summed E-state index contributed by atoms with van der Waals surface area (Å²) in [5.74, 6) is 0.521. The summed E-state index contributed by atoms with van der Waals surface area (Å²) in [6.45, 7) is 1.88. The minimum Gasteiger partial charge on any atom is -0.492 e. The normalized spacial score (nSPS) is 15.1.